The molecule has 1 N–H and O–H groups in total. The van der Waals surface area contributed by atoms with Crippen LogP contribution in [0.5, 0.6) is 0 Å². The molecule has 0 aliphatic carbocycles. The van der Waals surface area contributed by atoms with Crippen LogP contribution in [0.1, 0.15) is 26.2 Å². The zero-order chi connectivity index (χ0) is 8.74. The maximum Gasteiger partial charge on any atom is 0.456 e. The van der Waals surface area contributed by atoms with Gasteiger partial charge in [-0.05, 0) is 6.42 Å². The Morgan fingerprint density at radius 2 is 1.91 bits per heavy atom. The zero-order valence-electron chi connectivity index (χ0n) is 6.37. The van der Waals surface area contributed by atoms with Gasteiger partial charge in [-0.25, -0.2) is 0 Å². The smallest absolute Gasteiger partial charge is 0.257 e. The van der Waals surface area contributed by atoms with Crippen LogP contribution in [0.3, 0.4) is 0 Å². The molecular weight excluding hydrogens is 175 g/mol. The van der Waals surface area contributed by atoms with E-state index in [1.807, 2.05) is 6.92 Å². The van der Waals surface area contributed by atoms with Crippen molar-refractivity contribution in [3.63, 3.8) is 0 Å². The highest BCUT2D eigenvalue weighted by atomic mass is 32.2. The Balaban J connectivity index is 3.02. The second-order valence-electron chi connectivity index (χ2n) is 2.15. The van der Waals surface area contributed by atoms with Crippen LogP contribution in [0, 0.1) is 0 Å². The van der Waals surface area contributed by atoms with Gasteiger partial charge in [0.15, 0.2) is 0 Å². The average Bonchev–Trinajstić information content (AvgIpc) is 1.85. The van der Waals surface area contributed by atoms with Gasteiger partial charge in [0.05, 0.1) is 0 Å². The molecule has 0 aromatic heterocycles. The quantitative estimate of drug-likeness (QED) is 0.524. The highest BCUT2D eigenvalue weighted by Gasteiger charge is 2.27. The van der Waals surface area contributed by atoms with Gasteiger partial charge in [-0.1, -0.05) is 19.8 Å². The molecule has 0 fully saturated rings. The standard InChI is InChI=1S/C6H12F3NS/c1-2-3-4-5-10-11-6(7,8)9/h10H,2-5H2,1H3. The fourth-order valence-electron chi connectivity index (χ4n) is 0.580. The lowest BCUT2D eigenvalue weighted by Gasteiger charge is -2.05. The summed E-state index contributed by atoms with van der Waals surface area (Å²) < 4.78 is 36.6. The first-order valence-corrected chi connectivity index (χ1v) is 4.35. The van der Waals surface area contributed by atoms with E-state index < -0.39 is 5.51 Å². The predicted octanol–water partition coefficient (Wildman–Crippen LogP) is 2.93. The number of nitrogens with one attached hydrogen (secondary N) is 1. The predicted molar refractivity (Wildman–Crippen MR) is 41.2 cm³/mol. The van der Waals surface area contributed by atoms with Crippen LogP contribution in [0.15, 0.2) is 0 Å². The molecule has 0 radical (unpaired) electrons. The van der Waals surface area contributed by atoms with Gasteiger partial charge in [-0.2, -0.15) is 13.2 Å². The largest absolute Gasteiger partial charge is 0.456 e. The van der Waals surface area contributed by atoms with Crippen molar-refractivity contribution < 1.29 is 13.2 Å². The number of hydrogen-bond acceptors (Lipinski definition) is 2. The van der Waals surface area contributed by atoms with Crippen LogP contribution >= 0.6 is 11.9 Å². The first-order chi connectivity index (χ1) is 5.06. The molecule has 0 spiro atoms. The lowest BCUT2D eigenvalue weighted by molar-refractivity contribution is -0.0335. The first-order valence-electron chi connectivity index (χ1n) is 3.54. The van der Waals surface area contributed by atoms with Crippen molar-refractivity contribution in [2.24, 2.45) is 0 Å². The van der Waals surface area contributed by atoms with Gasteiger partial charge in [-0.3, -0.25) is 4.72 Å². The van der Waals surface area contributed by atoms with E-state index >= 15 is 0 Å². The molecule has 0 aliphatic heterocycles. The van der Waals surface area contributed by atoms with Gasteiger partial charge in [0.2, 0.25) is 0 Å². The highest BCUT2D eigenvalue weighted by Crippen LogP contribution is 2.26. The molecule has 0 saturated carbocycles. The second-order valence-corrected chi connectivity index (χ2v) is 3.10. The Morgan fingerprint density at radius 3 is 2.36 bits per heavy atom. The summed E-state index contributed by atoms with van der Waals surface area (Å²) in [7, 11) is 0. The van der Waals surface area contributed by atoms with Crippen molar-refractivity contribution in [3.8, 4) is 0 Å². The summed E-state index contributed by atoms with van der Waals surface area (Å²) in [5, 5.41) is 0. The zero-order valence-corrected chi connectivity index (χ0v) is 7.19. The number of halogens is 3. The molecule has 68 valence electrons. The van der Waals surface area contributed by atoms with Gasteiger partial charge in [0.1, 0.15) is 0 Å². The van der Waals surface area contributed by atoms with Gasteiger partial charge in [0.25, 0.3) is 0 Å². The van der Waals surface area contributed by atoms with Crippen molar-refractivity contribution >= 4 is 11.9 Å². The number of hydrogen-bond donors (Lipinski definition) is 1. The topological polar surface area (TPSA) is 12.0 Å². The summed E-state index contributed by atoms with van der Waals surface area (Å²) in [5.74, 6) is 0. The van der Waals surface area contributed by atoms with E-state index in [2.05, 4.69) is 4.72 Å². The van der Waals surface area contributed by atoms with Crippen LogP contribution < -0.4 is 4.72 Å². The molecular formula is C6H12F3NS. The third-order valence-electron chi connectivity index (χ3n) is 1.07. The third kappa shape index (κ3) is 10.1. The molecule has 0 atom stereocenters. The van der Waals surface area contributed by atoms with E-state index in [0.29, 0.717) is 6.54 Å². The van der Waals surface area contributed by atoms with Crippen LogP contribution in [0.25, 0.3) is 0 Å². The van der Waals surface area contributed by atoms with E-state index in [1.54, 1.807) is 0 Å². The molecule has 0 saturated heterocycles. The Hall–Kier alpha value is 0.100. The fourth-order valence-corrected chi connectivity index (χ4v) is 0.990. The third-order valence-corrected chi connectivity index (χ3v) is 1.65. The summed E-state index contributed by atoms with van der Waals surface area (Å²) in [6.07, 6.45) is 2.81. The van der Waals surface area contributed by atoms with Crippen molar-refractivity contribution in [3.05, 3.63) is 0 Å². The summed E-state index contributed by atoms with van der Waals surface area (Å²) >= 11 is -0.166. The fraction of sp³-hybridized carbons (Fsp3) is 1.00. The summed E-state index contributed by atoms with van der Waals surface area (Å²) in [6, 6.07) is 0. The molecule has 0 unspecified atom stereocenters. The maximum atomic E-state index is 11.5. The Kier molecular flexibility index (Phi) is 5.76. The monoisotopic (exact) mass is 187 g/mol. The van der Waals surface area contributed by atoms with E-state index in [9.17, 15) is 13.2 Å². The Bertz CT molecular complexity index is 94.3. The molecule has 0 amide bonds. The van der Waals surface area contributed by atoms with Crippen molar-refractivity contribution in [1.29, 1.82) is 0 Å². The molecule has 0 bridgehead atoms. The van der Waals surface area contributed by atoms with Crippen molar-refractivity contribution in [1.82, 2.24) is 4.72 Å². The van der Waals surface area contributed by atoms with E-state index in [1.165, 1.54) is 0 Å². The average molecular weight is 187 g/mol. The lowest BCUT2D eigenvalue weighted by Crippen LogP contribution is -2.13. The van der Waals surface area contributed by atoms with E-state index in [0.717, 1.165) is 19.3 Å². The second kappa shape index (κ2) is 5.71. The molecule has 5 heteroatoms. The van der Waals surface area contributed by atoms with Gasteiger partial charge in [-0.15, -0.1) is 0 Å². The molecule has 1 nitrogen and oxygen atoms in total. The summed E-state index contributed by atoms with van der Waals surface area (Å²) in [5.41, 5.74) is -4.15. The van der Waals surface area contributed by atoms with Crippen LogP contribution in [0.2, 0.25) is 0 Å². The Morgan fingerprint density at radius 1 is 1.27 bits per heavy atom. The van der Waals surface area contributed by atoms with E-state index in [-0.39, 0.29) is 11.9 Å². The molecule has 0 aromatic rings. The Labute approximate surface area is 68.9 Å². The van der Waals surface area contributed by atoms with Crippen molar-refractivity contribution in [2.45, 2.75) is 31.7 Å². The molecule has 0 rings (SSSR count). The summed E-state index contributed by atoms with van der Waals surface area (Å²) in [4.78, 5) is 0. The van der Waals surface area contributed by atoms with Gasteiger partial charge in [0, 0.05) is 18.5 Å². The number of unbranched alkanes of at least 4 members (excludes halogenated alkanes) is 2. The SMILES string of the molecule is CCCCCNSC(F)(F)F. The van der Waals surface area contributed by atoms with Crippen LogP contribution in [-0.2, 0) is 0 Å². The minimum atomic E-state index is -4.15. The normalized spacial score (nSPS) is 12.0. The maximum absolute atomic E-state index is 11.5. The number of alkyl halides is 3. The molecule has 11 heavy (non-hydrogen) atoms. The lowest BCUT2D eigenvalue weighted by atomic mass is 10.3. The van der Waals surface area contributed by atoms with Gasteiger partial charge < -0.3 is 0 Å². The molecule has 0 heterocycles. The van der Waals surface area contributed by atoms with Crippen molar-refractivity contribution in [2.75, 3.05) is 6.54 Å². The minimum Gasteiger partial charge on any atom is -0.257 e. The molecule has 0 aromatic carbocycles. The minimum absolute atomic E-state index is 0.166. The van der Waals surface area contributed by atoms with Crippen LogP contribution in [-0.4, -0.2) is 12.1 Å². The van der Waals surface area contributed by atoms with Crippen LogP contribution in [0.4, 0.5) is 13.2 Å². The van der Waals surface area contributed by atoms with E-state index in [4.69, 9.17) is 0 Å². The van der Waals surface area contributed by atoms with Gasteiger partial charge >= 0.3 is 5.51 Å². The summed E-state index contributed by atoms with van der Waals surface area (Å²) in [6.45, 7) is 2.44. The first kappa shape index (κ1) is 11.1. The number of rotatable bonds is 5. The highest BCUT2D eigenvalue weighted by molar-refractivity contribution is 7.98. The molecule has 0 aliphatic rings.